The summed E-state index contributed by atoms with van der Waals surface area (Å²) in [6, 6.07) is 12.5. The maximum Gasteiger partial charge on any atom is 0.338 e. The van der Waals surface area contributed by atoms with Gasteiger partial charge in [-0.2, -0.15) is 5.21 Å². The number of benzene rings is 2. The molecule has 1 atom stereocenters. The highest BCUT2D eigenvalue weighted by Gasteiger charge is 2.34. The van der Waals surface area contributed by atoms with Crippen LogP contribution in [0.4, 0.5) is 11.4 Å². The van der Waals surface area contributed by atoms with E-state index in [0.29, 0.717) is 30.1 Å². The summed E-state index contributed by atoms with van der Waals surface area (Å²) in [5.74, 6) is -0.569. The van der Waals surface area contributed by atoms with Crippen molar-refractivity contribution in [3.05, 3.63) is 53.6 Å². The summed E-state index contributed by atoms with van der Waals surface area (Å²) in [6.07, 6.45) is 0.601. The van der Waals surface area contributed by atoms with Gasteiger partial charge in [-0.1, -0.05) is 13.0 Å². The number of H-pyrrole nitrogens is 1. The van der Waals surface area contributed by atoms with Gasteiger partial charge in [0.2, 0.25) is 11.7 Å². The summed E-state index contributed by atoms with van der Waals surface area (Å²) in [6.45, 7) is 4.01. The molecule has 1 aromatic heterocycles. The summed E-state index contributed by atoms with van der Waals surface area (Å²) in [7, 11) is 0. The van der Waals surface area contributed by atoms with Gasteiger partial charge in [0.15, 0.2) is 0 Å². The molecular weight excluding hydrogens is 384 g/mol. The number of nitrogens with one attached hydrogen (secondary N) is 2. The van der Waals surface area contributed by atoms with Crippen molar-refractivity contribution in [3.8, 4) is 11.4 Å². The molecule has 1 aliphatic rings. The van der Waals surface area contributed by atoms with Crippen molar-refractivity contribution in [1.82, 2.24) is 20.6 Å². The lowest BCUT2D eigenvalue weighted by Crippen LogP contribution is -2.20. The van der Waals surface area contributed by atoms with Gasteiger partial charge in [-0.3, -0.25) is 9.79 Å². The number of hydrogen-bond donors (Lipinski definition) is 2. The van der Waals surface area contributed by atoms with Crippen molar-refractivity contribution in [2.45, 2.75) is 26.2 Å². The van der Waals surface area contributed by atoms with E-state index in [2.05, 4.69) is 25.9 Å². The maximum absolute atomic E-state index is 12.7. The molecule has 2 aromatic carbocycles. The van der Waals surface area contributed by atoms with Gasteiger partial charge < -0.3 is 10.1 Å². The Morgan fingerprint density at radius 3 is 2.63 bits per heavy atom. The van der Waals surface area contributed by atoms with E-state index in [9.17, 15) is 9.59 Å². The molecule has 3 aromatic rings. The van der Waals surface area contributed by atoms with Crippen LogP contribution in [0.1, 0.15) is 42.1 Å². The number of nitrogens with zero attached hydrogens (tertiary/aromatic N) is 4. The van der Waals surface area contributed by atoms with E-state index >= 15 is 0 Å². The minimum absolute atomic E-state index is 0.157. The number of amides is 1. The van der Waals surface area contributed by atoms with E-state index in [1.54, 1.807) is 25.1 Å². The lowest BCUT2D eigenvalue weighted by molar-refractivity contribution is -0.115. The number of hydrogen-bond acceptors (Lipinski definition) is 7. The van der Waals surface area contributed by atoms with Crippen molar-refractivity contribution in [3.63, 3.8) is 0 Å². The molecule has 0 saturated carbocycles. The molecule has 2 N–H and O–H groups in total. The Labute approximate surface area is 172 Å². The van der Waals surface area contributed by atoms with Crippen molar-refractivity contribution in [1.29, 1.82) is 0 Å². The fraction of sp³-hybridized carbons (Fsp3) is 0.238. The Morgan fingerprint density at radius 1 is 1.17 bits per heavy atom. The predicted octanol–water partition coefficient (Wildman–Crippen LogP) is 3.26. The average Bonchev–Trinajstić information content (AvgIpc) is 3.40. The summed E-state index contributed by atoms with van der Waals surface area (Å²) < 4.78 is 5.04. The fourth-order valence-electron chi connectivity index (χ4n) is 3.42. The first-order chi connectivity index (χ1) is 14.6. The number of aromatic nitrogens is 4. The second-order valence-electron chi connectivity index (χ2n) is 6.68. The van der Waals surface area contributed by atoms with Crippen molar-refractivity contribution in [2.24, 2.45) is 4.99 Å². The van der Waals surface area contributed by atoms with Gasteiger partial charge in [0.25, 0.3) is 0 Å². The lowest BCUT2D eigenvalue weighted by atomic mass is 9.93. The number of esters is 1. The molecule has 30 heavy (non-hydrogen) atoms. The number of rotatable bonds is 6. The van der Waals surface area contributed by atoms with Crippen molar-refractivity contribution < 1.29 is 14.3 Å². The quantitative estimate of drug-likeness (QED) is 0.480. The molecule has 1 unspecified atom stereocenters. The summed E-state index contributed by atoms with van der Waals surface area (Å²) in [5.41, 5.74) is 4.10. The normalized spacial score (nSPS) is 15.6. The standard InChI is InChI=1S/C21H20N6O3/c1-3-16(22-14-8-5-12(6-9-14)19-24-26-27-25-19)18-15-10-7-13(21(29)30-4-2)11-17(15)23-20(18)28/h5-11,18H,3-4H2,1-2H3,(H,23,28)(H,24,25,26,27). The van der Waals surface area contributed by atoms with Gasteiger partial charge in [-0.25, -0.2) is 4.79 Å². The molecule has 0 fully saturated rings. The number of aliphatic imine (C=N–C) groups is 1. The fourth-order valence-corrected chi connectivity index (χ4v) is 3.42. The number of aromatic amines is 1. The number of tetrazole rings is 1. The molecule has 0 saturated heterocycles. The zero-order valence-corrected chi connectivity index (χ0v) is 16.5. The highest BCUT2D eigenvalue weighted by Crippen LogP contribution is 2.36. The summed E-state index contributed by atoms with van der Waals surface area (Å²) >= 11 is 0. The van der Waals surface area contributed by atoms with Crippen LogP contribution in [0.15, 0.2) is 47.5 Å². The first kappa shape index (κ1) is 19.4. The minimum atomic E-state index is -0.502. The van der Waals surface area contributed by atoms with Crippen molar-refractivity contribution in [2.75, 3.05) is 11.9 Å². The molecule has 4 rings (SSSR count). The van der Waals surface area contributed by atoms with E-state index in [0.717, 1.165) is 22.5 Å². The Hall–Kier alpha value is -3.88. The molecule has 9 heteroatoms. The van der Waals surface area contributed by atoms with Crippen LogP contribution in [0.5, 0.6) is 0 Å². The van der Waals surface area contributed by atoms with Crippen molar-refractivity contribution >= 4 is 29.0 Å². The minimum Gasteiger partial charge on any atom is -0.462 e. The van der Waals surface area contributed by atoms with E-state index in [1.165, 1.54) is 0 Å². The number of anilines is 1. The topological polar surface area (TPSA) is 122 Å². The molecule has 0 bridgehead atoms. The summed E-state index contributed by atoms with van der Waals surface area (Å²) in [4.78, 5) is 29.4. The molecule has 1 amide bonds. The summed E-state index contributed by atoms with van der Waals surface area (Å²) in [5, 5.41) is 16.7. The van der Waals surface area contributed by atoms with Gasteiger partial charge in [0, 0.05) is 17.0 Å². The van der Waals surface area contributed by atoms with E-state index in [4.69, 9.17) is 9.73 Å². The second-order valence-corrected chi connectivity index (χ2v) is 6.68. The highest BCUT2D eigenvalue weighted by molar-refractivity contribution is 6.19. The smallest absolute Gasteiger partial charge is 0.338 e. The third-order valence-electron chi connectivity index (χ3n) is 4.83. The van der Waals surface area contributed by atoms with Crippen LogP contribution >= 0.6 is 0 Å². The third kappa shape index (κ3) is 3.69. The number of carbonyl (C=O) groups excluding carboxylic acids is 2. The number of ether oxygens (including phenoxy) is 1. The molecule has 2 heterocycles. The Balaban J connectivity index is 1.62. The van der Waals surface area contributed by atoms with Crippen LogP contribution in [0.25, 0.3) is 11.4 Å². The average molecular weight is 404 g/mol. The predicted molar refractivity (Wildman–Crippen MR) is 111 cm³/mol. The van der Waals surface area contributed by atoms with Gasteiger partial charge in [0.1, 0.15) is 5.92 Å². The maximum atomic E-state index is 12.7. The Kier molecular flexibility index (Phi) is 5.34. The Bertz CT molecular complexity index is 1110. The number of fused-ring (bicyclic) bond motifs is 1. The zero-order valence-electron chi connectivity index (χ0n) is 16.5. The monoisotopic (exact) mass is 404 g/mol. The zero-order chi connectivity index (χ0) is 21.1. The van der Waals surface area contributed by atoms with Crippen LogP contribution < -0.4 is 5.32 Å². The number of carbonyl (C=O) groups is 2. The van der Waals surface area contributed by atoms with Crippen LogP contribution in [-0.2, 0) is 9.53 Å². The largest absolute Gasteiger partial charge is 0.462 e. The van der Waals surface area contributed by atoms with E-state index in [-0.39, 0.29) is 5.91 Å². The SMILES string of the molecule is CCOC(=O)c1ccc2c(c1)NC(=O)C2C(CC)=Nc1ccc(-c2nn[nH]n2)cc1. The molecule has 0 radical (unpaired) electrons. The molecule has 152 valence electrons. The van der Waals surface area contributed by atoms with Gasteiger partial charge >= 0.3 is 5.97 Å². The van der Waals surface area contributed by atoms with Gasteiger partial charge in [-0.05, 0) is 60.5 Å². The first-order valence-corrected chi connectivity index (χ1v) is 9.64. The highest BCUT2D eigenvalue weighted by atomic mass is 16.5. The third-order valence-corrected chi connectivity index (χ3v) is 4.83. The van der Waals surface area contributed by atoms with Gasteiger partial charge in [-0.15, -0.1) is 10.2 Å². The lowest BCUT2D eigenvalue weighted by Gasteiger charge is -2.12. The molecule has 1 aliphatic heterocycles. The van der Waals surface area contributed by atoms with Crippen LogP contribution in [0.3, 0.4) is 0 Å². The van der Waals surface area contributed by atoms with E-state index < -0.39 is 11.9 Å². The molecule has 0 spiro atoms. The van der Waals surface area contributed by atoms with Crippen LogP contribution in [-0.4, -0.2) is 44.8 Å². The molecule has 0 aliphatic carbocycles. The Morgan fingerprint density at radius 2 is 1.97 bits per heavy atom. The van der Waals surface area contributed by atoms with E-state index in [1.807, 2.05) is 31.2 Å². The first-order valence-electron chi connectivity index (χ1n) is 9.64. The molecular formula is C21H20N6O3. The molecule has 9 nitrogen and oxygen atoms in total. The van der Waals surface area contributed by atoms with Crippen LogP contribution in [0.2, 0.25) is 0 Å². The van der Waals surface area contributed by atoms with Gasteiger partial charge in [0.05, 0.1) is 17.9 Å². The van der Waals surface area contributed by atoms with Crippen LogP contribution in [0, 0.1) is 0 Å². The second kappa shape index (κ2) is 8.24.